The molecule has 0 saturated carbocycles. The average Bonchev–Trinajstić information content (AvgIpc) is 2.54. The Labute approximate surface area is 156 Å². The predicted octanol–water partition coefficient (Wildman–Crippen LogP) is 5.78. The molecule has 0 atom stereocenters. The van der Waals surface area contributed by atoms with Gasteiger partial charge in [0.1, 0.15) is 0 Å². The zero-order valence-corrected chi connectivity index (χ0v) is 18.6. The van der Waals surface area contributed by atoms with E-state index in [1.165, 1.54) is 70.6 Å². The molecule has 0 aromatic carbocycles. The summed E-state index contributed by atoms with van der Waals surface area (Å²) in [5, 5.41) is 10.1. The Morgan fingerprint density at radius 2 is 1.04 bits per heavy atom. The molecule has 0 aliphatic carbocycles. The van der Waals surface area contributed by atoms with Gasteiger partial charge in [0.2, 0.25) is 0 Å². The second-order valence-electron chi connectivity index (χ2n) is 6.33. The number of carboxylic acid groups (broad SMARTS) is 1. The molecular weight excluding hydrogens is 394 g/mol. The second kappa shape index (κ2) is 24.5. The second-order valence-corrected chi connectivity index (χ2v) is 10.2. The number of hydrogen-bond donors (Lipinski definition) is 0. The van der Waals surface area contributed by atoms with Crippen molar-refractivity contribution in [1.82, 2.24) is 0 Å². The van der Waals surface area contributed by atoms with Gasteiger partial charge in [-0.1, -0.05) is 58.3 Å². The van der Waals surface area contributed by atoms with Gasteiger partial charge in [-0.05, 0) is 12.8 Å². The Morgan fingerprint density at radius 3 is 1.43 bits per heavy atom. The van der Waals surface area contributed by atoms with Crippen LogP contribution in [0.3, 0.4) is 0 Å². The van der Waals surface area contributed by atoms with Crippen LogP contribution in [0.25, 0.3) is 0 Å². The third-order valence-corrected chi connectivity index (χ3v) is 7.43. The van der Waals surface area contributed by atoms with Gasteiger partial charge in [0.25, 0.3) is 0 Å². The quantitative estimate of drug-likeness (QED) is 0.228. The standard InChI is InChI=1S/C12H24O2.2C4H9.Sb/c1-2-3-4-5-6-7-8-9-10-11-12(13)14;2*1-3-4-2;/h2-11H2,1H3,(H,13,14);2*1,3-4H2,2H3;/q;;;+1/p-1. The molecule has 0 unspecified atom stereocenters. The average molecular weight is 435 g/mol. The molecule has 0 saturated heterocycles. The summed E-state index contributed by atoms with van der Waals surface area (Å²) in [5.41, 5.74) is 0. The summed E-state index contributed by atoms with van der Waals surface area (Å²) in [5.74, 6) is -0.909. The van der Waals surface area contributed by atoms with Crippen LogP contribution >= 0.6 is 0 Å². The van der Waals surface area contributed by atoms with E-state index in [4.69, 9.17) is 0 Å². The van der Waals surface area contributed by atoms with Gasteiger partial charge in [-0.3, -0.25) is 0 Å². The van der Waals surface area contributed by atoms with Crippen LogP contribution in [0.1, 0.15) is 111 Å². The molecule has 23 heavy (non-hydrogen) atoms. The van der Waals surface area contributed by atoms with E-state index in [9.17, 15) is 9.90 Å². The van der Waals surface area contributed by atoms with Gasteiger partial charge in [0, 0.05) is 5.97 Å². The van der Waals surface area contributed by atoms with Gasteiger partial charge in [-0.25, -0.2) is 0 Å². The molecule has 0 bridgehead atoms. The van der Waals surface area contributed by atoms with E-state index >= 15 is 0 Å². The van der Waals surface area contributed by atoms with Gasteiger partial charge in [0.05, 0.1) is 0 Å². The van der Waals surface area contributed by atoms with Crippen molar-refractivity contribution in [2.24, 2.45) is 0 Å². The zero-order chi connectivity index (χ0) is 17.6. The van der Waals surface area contributed by atoms with Crippen LogP contribution < -0.4 is 5.11 Å². The third kappa shape index (κ3) is 30.7. The van der Waals surface area contributed by atoms with E-state index in [2.05, 4.69) is 20.8 Å². The summed E-state index contributed by atoms with van der Waals surface area (Å²) in [4.78, 5) is 10.1. The van der Waals surface area contributed by atoms with Crippen molar-refractivity contribution >= 4 is 27.6 Å². The van der Waals surface area contributed by atoms with Crippen molar-refractivity contribution in [2.45, 2.75) is 119 Å². The molecule has 0 aliphatic heterocycles. The number of aliphatic carboxylic acids is 1. The molecule has 0 spiro atoms. The van der Waals surface area contributed by atoms with Gasteiger partial charge >= 0.3 is 69.9 Å². The van der Waals surface area contributed by atoms with E-state index in [1.54, 1.807) is 8.73 Å². The van der Waals surface area contributed by atoms with E-state index in [-0.39, 0.29) is 6.42 Å². The van der Waals surface area contributed by atoms with Crippen molar-refractivity contribution in [2.75, 3.05) is 0 Å². The first kappa shape index (κ1) is 25.5. The van der Waals surface area contributed by atoms with Crippen molar-refractivity contribution in [3.63, 3.8) is 0 Å². The summed E-state index contributed by atoms with van der Waals surface area (Å²) in [6.07, 6.45) is 17.0. The fraction of sp³-hybridized carbons (Fsp3) is 0.950. The minimum absolute atomic E-state index is 0.232. The summed E-state index contributed by atoms with van der Waals surface area (Å²) in [6, 6.07) is 0. The van der Waals surface area contributed by atoms with Crippen LogP contribution in [0.15, 0.2) is 0 Å². The number of carbonyl (C=O) groups is 1. The SMILES string of the molecule is CCCCCCCCCCCC(=O)[O-].CCC[CH2][Sb+][CH2]CCC. The van der Waals surface area contributed by atoms with E-state index in [1.807, 2.05) is 0 Å². The van der Waals surface area contributed by atoms with Gasteiger partial charge in [-0.15, -0.1) is 0 Å². The van der Waals surface area contributed by atoms with Crippen LogP contribution in [0.5, 0.6) is 0 Å². The molecule has 0 aromatic rings. The first-order chi connectivity index (χ1) is 11.2. The Balaban J connectivity index is 0. The molecule has 2 radical (unpaired) electrons. The normalized spacial score (nSPS) is 10.2. The van der Waals surface area contributed by atoms with Crippen LogP contribution in [0.4, 0.5) is 0 Å². The molecule has 0 fully saturated rings. The summed E-state index contributed by atoms with van der Waals surface area (Å²) in [6.45, 7) is 6.80. The molecular formula is C20H41O2Sb. The van der Waals surface area contributed by atoms with Crippen molar-refractivity contribution in [3.8, 4) is 0 Å². The molecule has 138 valence electrons. The Kier molecular flexibility index (Phi) is 27.2. The predicted molar refractivity (Wildman–Crippen MR) is 102 cm³/mol. The fourth-order valence-corrected chi connectivity index (χ4v) is 5.95. The number of carbonyl (C=O) groups excluding carboxylic acids is 1. The molecule has 0 N–H and O–H groups in total. The fourth-order valence-electron chi connectivity index (χ4n) is 2.23. The molecule has 2 nitrogen and oxygen atoms in total. The van der Waals surface area contributed by atoms with Crippen LogP contribution in [-0.2, 0) is 4.79 Å². The van der Waals surface area contributed by atoms with Crippen molar-refractivity contribution in [1.29, 1.82) is 0 Å². The van der Waals surface area contributed by atoms with Gasteiger partial charge < -0.3 is 9.90 Å². The Morgan fingerprint density at radius 1 is 0.652 bits per heavy atom. The first-order valence-electron chi connectivity index (χ1n) is 10.0. The van der Waals surface area contributed by atoms with Crippen LogP contribution in [0, 0.1) is 0 Å². The third-order valence-electron chi connectivity index (χ3n) is 3.82. The number of rotatable bonds is 16. The topological polar surface area (TPSA) is 40.1 Å². The molecule has 0 rings (SSSR count). The summed E-state index contributed by atoms with van der Waals surface area (Å²) < 4.78 is 3.21. The molecule has 3 heteroatoms. The first-order valence-corrected chi connectivity index (χ1v) is 13.6. The summed E-state index contributed by atoms with van der Waals surface area (Å²) >= 11 is 0.304. The number of unbranched alkanes of at least 4 members (excludes halogenated alkanes) is 10. The molecule has 0 aromatic heterocycles. The number of hydrogen-bond acceptors (Lipinski definition) is 2. The van der Waals surface area contributed by atoms with Gasteiger partial charge in [-0.2, -0.15) is 0 Å². The van der Waals surface area contributed by atoms with Crippen LogP contribution in [0.2, 0.25) is 8.73 Å². The van der Waals surface area contributed by atoms with E-state index < -0.39 is 5.97 Å². The molecule has 0 aliphatic rings. The zero-order valence-electron chi connectivity index (χ0n) is 16.1. The van der Waals surface area contributed by atoms with E-state index in [0.717, 1.165) is 12.8 Å². The van der Waals surface area contributed by atoms with Gasteiger partial charge in [0.15, 0.2) is 0 Å². The number of carboxylic acids is 1. The molecule has 0 heterocycles. The Hall–Kier alpha value is 0.288. The minimum atomic E-state index is -0.909. The maximum absolute atomic E-state index is 10.1. The van der Waals surface area contributed by atoms with Crippen molar-refractivity contribution < 1.29 is 9.90 Å². The maximum atomic E-state index is 10.1. The van der Waals surface area contributed by atoms with Crippen LogP contribution in [-0.4, -0.2) is 27.6 Å². The Bertz CT molecular complexity index is 214. The summed E-state index contributed by atoms with van der Waals surface area (Å²) in [7, 11) is 0. The van der Waals surface area contributed by atoms with Crippen molar-refractivity contribution in [3.05, 3.63) is 0 Å². The molecule has 0 amide bonds. The van der Waals surface area contributed by atoms with E-state index in [0.29, 0.717) is 21.6 Å². The monoisotopic (exact) mass is 434 g/mol.